The molecular formula is C24H19F3N4O3. The highest BCUT2D eigenvalue weighted by Gasteiger charge is 2.31. The fraction of sp³-hybridized carbons (Fsp3) is 0.250. The maximum Gasteiger partial charge on any atom is 0.416 e. The maximum absolute atomic E-state index is 12.9. The molecule has 0 atom stereocenters. The summed E-state index contributed by atoms with van der Waals surface area (Å²) < 4.78 is 45.4. The summed E-state index contributed by atoms with van der Waals surface area (Å²) in [5, 5.41) is 7.25. The van der Waals surface area contributed by atoms with Crippen LogP contribution in [-0.4, -0.2) is 20.6 Å². The molecule has 1 aliphatic rings. The highest BCUT2D eigenvalue weighted by Crippen LogP contribution is 2.39. The molecule has 1 amide bonds. The van der Waals surface area contributed by atoms with Crippen LogP contribution in [0.15, 0.2) is 63.9 Å². The van der Waals surface area contributed by atoms with E-state index in [9.17, 15) is 22.8 Å². The number of halogens is 3. The molecule has 1 N–H and O–H groups in total. The molecule has 0 spiro atoms. The minimum absolute atomic E-state index is 0.0978. The smallest absolute Gasteiger partial charge is 0.350 e. The Morgan fingerprint density at radius 1 is 1.12 bits per heavy atom. The number of alkyl halides is 3. The van der Waals surface area contributed by atoms with E-state index in [1.165, 1.54) is 22.8 Å². The van der Waals surface area contributed by atoms with E-state index in [1.54, 1.807) is 24.3 Å². The van der Waals surface area contributed by atoms with Crippen LogP contribution < -0.4 is 10.9 Å². The lowest BCUT2D eigenvalue weighted by Gasteiger charge is -2.13. The number of hydrogen-bond donors (Lipinski definition) is 1. The molecular weight excluding hydrogens is 449 g/mol. The molecule has 0 bridgehead atoms. The fourth-order valence-electron chi connectivity index (χ4n) is 3.78. The number of rotatable bonds is 6. The first-order chi connectivity index (χ1) is 16.3. The Bertz CT molecular complexity index is 1440. The largest absolute Gasteiger partial charge is 0.416 e. The van der Waals surface area contributed by atoms with Gasteiger partial charge in [-0.1, -0.05) is 35.5 Å². The van der Waals surface area contributed by atoms with Crippen molar-refractivity contribution < 1.29 is 22.5 Å². The van der Waals surface area contributed by atoms with Crippen molar-refractivity contribution >= 4 is 16.8 Å². The number of amides is 1. The van der Waals surface area contributed by atoms with E-state index in [0.29, 0.717) is 33.8 Å². The van der Waals surface area contributed by atoms with Gasteiger partial charge in [-0.25, -0.2) is 0 Å². The zero-order valence-corrected chi connectivity index (χ0v) is 17.8. The van der Waals surface area contributed by atoms with Gasteiger partial charge in [0.2, 0.25) is 5.91 Å². The summed E-state index contributed by atoms with van der Waals surface area (Å²) in [7, 11) is 0. The minimum Gasteiger partial charge on any atom is -0.350 e. The number of fused-ring (bicyclic) bond motifs is 1. The molecule has 0 radical (unpaired) electrons. The monoisotopic (exact) mass is 468 g/mol. The van der Waals surface area contributed by atoms with Crippen LogP contribution in [0.2, 0.25) is 0 Å². The number of para-hydroxylation sites is 1. The van der Waals surface area contributed by atoms with Gasteiger partial charge in [0, 0.05) is 23.9 Å². The maximum atomic E-state index is 12.9. The third-order valence-corrected chi connectivity index (χ3v) is 5.68. The summed E-state index contributed by atoms with van der Waals surface area (Å²) in [6.45, 7) is -0.394. The van der Waals surface area contributed by atoms with Crippen molar-refractivity contribution in [3.8, 4) is 11.5 Å². The van der Waals surface area contributed by atoms with Gasteiger partial charge in [-0.15, -0.1) is 0 Å². The Morgan fingerprint density at radius 3 is 2.68 bits per heavy atom. The van der Waals surface area contributed by atoms with Crippen LogP contribution in [0.3, 0.4) is 0 Å². The molecule has 4 aromatic rings. The fourth-order valence-corrected chi connectivity index (χ4v) is 3.78. The predicted molar refractivity (Wildman–Crippen MR) is 117 cm³/mol. The average Bonchev–Trinajstić information content (AvgIpc) is 3.56. The quantitative estimate of drug-likeness (QED) is 0.457. The molecule has 2 aromatic heterocycles. The number of hydrogen-bond acceptors (Lipinski definition) is 5. The summed E-state index contributed by atoms with van der Waals surface area (Å²) in [6.07, 6.45) is -2.44. The van der Waals surface area contributed by atoms with E-state index in [4.69, 9.17) is 4.52 Å². The third-order valence-electron chi connectivity index (χ3n) is 5.68. The molecule has 1 fully saturated rings. The van der Waals surface area contributed by atoms with Gasteiger partial charge in [0.25, 0.3) is 11.4 Å². The van der Waals surface area contributed by atoms with E-state index in [1.807, 2.05) is 0 Å². The molecule has 34 heavy (non-hydrogen) atoms. The van der Waals surface area contributed by atoms with Crippen molar-refractivity contribution in [2.45, 2.75) is 38.0 Å². The van der Waals surface area contributed by atoms with Crippen molar-refractivity contribution in [1.29, 1.82) is 0 Å². The number of nitrogens with one attached hydrogen (secondary N) is 1. The highest BCUT2D eigenvalue weighted by molar-refractivity contribution is 5.93. The van der Waals surface area contributed by atoms with Crippen LogP contribution in [-0.2, 0) is 24.1 Å². The summed E-state index contributed by atoms with van der Waals surface area (Å²) in [5.41, 5.74) is 0.0709. The first kappa shape index (κ1) is 21.9. The molecule has 2 heterocycles. The first-order valence-corrected chi connectivity index (χ1v) is 10.7. The van der Waals surface area contributed by atoms with Crippen LogP contribution in [0.1, 0.15) is 35.7 Å². The summed E-state index contributed by atoms with van der Waals surface area (Å²) in [5.74, 6) is 0.657. The van der Waals surface area contributed by atoms with Crippen molar-refractivity contribution in [1.82, 2.24) is 20.0 Å². The molecule has 10 heteroatoms. The van der Waals surface area contributed by atoms with Gasteiger partial charge in [-0.2, -0.15) is 18.2 Å². The van der Waals surface area contributed by atoms with Crippen LogP contribution in [0, 0.1) is 0 Å². The van der Waals surface area contributed by atoms with Gasteiger partial charge in [0.05, 0.1) is 16.6 Å². The van der Waals surface area contributed by atoms with Crippen molar-refractivity contribution in [3.05, 3.63) is 81.9 Å². The SMILES string of the molecule is O=C(Cn1c(=O)cc(-c2nc(C3CC3)no2)c2ccccc21)NCc1cccc(C(F)(F)F)c1. The topological polar surface area (TPSA) is 90.0 Å². The molecule has 174 valence electrons. The molecule has 1 saturated carbocycles. The second-order valence-corrected chi connectivity index (χ2v) is 8.21. The van der Waals surface area contributed by atoms with Gasteiger partial charge in [-0.05, 0) is 36.6 Å². The zero-order valence-electron chi connectivity index (χ0n) is 17.8. The zero-order chi connectivity index (χ0) is 23.9. The molecule has 0 aliphatic heterocycles. The van der Waals surface area contributed by atoms with Crippen molar-refractivity contribution in [2.75, 3.05) is 0 Å². The van der Waals surface area contributed by atoms with Crippen molar-refractivity contribution in [2.24, 2.45) is 0 Å². The van der Waals surface area contributed by atoms with Gasteiger partial charge in [-0.3, -0.25) is 14.2 Å². The molecule has 0 unspecified atom stereocenters. The number of pyridine rings is 1. The van der Waals surface area contributed by atoms with Crippen LogP contribution in [0.25, 0.3) is 22.4 Å². The number of aromatic nitrogens is 3. The third kappa shape index (κ3) is 4.43. The predicted octanol–water partition coefficient (Wildman–Crippen LogP) is 4.26. The Morgan fingerprint density at radius 2 is 1.91 bits per heavy atom. The summed E-state index contributed by atoms with van der Waals surface area (Å²) in [4.78, 5) is 29.9. The van der Waals surface area contributed by atoms with E-state index < -0.39 is 23.2 Å². The van der Waals surface area contributed by atoms with Crippen LogP contribution in [0.4, 0.5) is 13.2 Å². The van der Waals surface area contributed by atoms with Crippen LogP contribution in [0.5, 0.6) is 0 Å². The van der Waals surface area contributed by atoms with Gasteiger partial charge in [0.1, 0.15) is 6.54 Å². The number of nitrogens with zero attached hydrogens (tertiary/aromatic N) is 3. The molecule has 1 aliphatic carbocycles. The van der Waals surface area contributed by atoms with E-state index in [-0.39, 0.29) is 19.0 Å². The van der Waals surface area contributed by atoms with Crippen LogP contribution >= 0.6 is 0 Å². The van der Waals surface area contributed by atoms with E-state index in [0.717, 1.165) is 25.0 Å². The van der Waals surface area contributed by atoms with Crippen molar-refractivity contribution in [3.63, 3.8) is 0 Å². The van der Waals surface area contributed by atoms with Gasteiger partial charge >= 0.3 is 6.18 Å². The normalized spacial score (nSPS) is 13.9. The van der Waals surface area contributed by atoms with E-state index >= 15 is 0 Å². The Hall–Kier alpha value is -3.95. The molecule has 0 saturated heterocycles. The summed E-state index contributed by atoms with van der Waals surface area (Å²) >= 11 is 0. The number of benzene rings is 2. The average molecular weight is 468 g/mol. The lowest BCUT2D eigenvalue weighted by atomic mass is 10.1. The summed E-state index contributed by atoms with van der Waals surface area (Å²) in [6, 6.07) is 13.1. The standard InChI is InChI=1S/C24H19F3N4O3/c25-24(26,27)16-5-3-4-14(10-16)12-28-20(32)13-31-19-7-2-1-6-17(19)18(11-21(31)33)23-29-22(30-34-23)15-8-9-15/h1-7,10-11,15H,8-9,12-13H2,(H,28,32). The number of carbonyl (C=O) groups excluding carboxylic acids is 1. The van der Waals surface area contributed by atoms with E-state index in [2.05, 4.69) is 15.5 Å². The molecule has 7 nitrogen and oxygen atoms in total. The Labute approximate surface area is 191 Å². The number of carbonyl (C=O) groups is 1. The first-order valence-electron chi connectivity index (χ1n) is 10.7. The lowest BCUT2D eigenvalue weighted by Crippen LogP contribution is -2.32. The van der Waals surface area contributed by atoms with Gasteiger partial charge < -0.3 is 9.84 Å². The van der Waals surface area contributed by atoms with Gasteiger partial charge in [0.15, 0.2) is 5.82 Å². The Kier molecular flexibility index (Phi) is 5.43. The Balaban J connectivity index is 1.38. The second-order valence-electron chi connectivity index (χ2n) is 8.21. The lowest BCUT2D eigenvalue weighted by molar-refractivity contribution is -0.137. The molecule has 5 rings (SSSR count). The minimum atomic E-state index is -4.47. The second kappa shape index (κ2) is 8.44. The highest BCUT2D eigenvalue weighted by atomic mass is 19.4. The molecule has 2 aromatic carbocycles.